The van der Waals surface area contributed by atoms with Crippen LogP contribution < -0.4 is 10.1 Å². The lowest BCUT2D eigenvalue weighted by Crippen LogP contribution is -2.36. The fourth-order valence-corrected chi connectivity index (χ4v) is 2.44. The number of ether oxygens (including phenoxy) is 1. The highest BCUT2D eigenvalue weighted by molar-refractivity contribution is 5.79. The smallest absolute Gasteiger partial charge is 0.223 e. The number of rotatable bonds is 4. The van der Waals surface area contributed by atoms with Gasteiger partial charge in [0.15, 0.2) is 0 Å². The van der Waals surface area contributed by atoms with Crippen LogP contribution in [0.25, 0.3) is 0 Å². The molecule has 98 valence electrons. The van der Waals surface area contributed by atoms with Crippen molar-refractivity contribution in [2.24, 2.45) is 5.92 Å². The van der Waals surface area contributed by atoms with Crippen LogP contribution in [0.4, 0.5) is 0 Å². The van der Waals surface area contributed by atoms with Gasteiger partial charge >= 0.3 is 0 Å². The maximum atomic E-state index is 12.1. The van der Waals surface area contributed by atoms with Crippen molar-refractivity contribution >= 4 is 5.91 Å². The lowest BCUT2D eigenvalue weighted by molar-refractivity contribution is -0.126. The molecule has 1 aromatic rings. The van der Waals surface area contributed by atoms with Gasteiger partial charge < -0.3 is 10.1 Å². The molecule has 0 aromatic heterocycles. The fourth-order valence-electron chi connectivity index (χ4n) is 2.44. The molecule has 1 heterocycles. The second-order valence-electron chi connectivity index (χ2n) is 4.75. The number of carbonyl (C=O) groups excluding carboxylic acids is 1. The molecule has 0 saturated heterocycles. The van der Waals surface area contributed by atoms with Crippen molar-refractivity contribution in [1.29, 1.82) is 0 Å². The Morgan fingerprint density at radius 3 is 2.83 bits per heavy atom. The molecule has 3 heteroatoms. The van der Waals surface area contributed by atoms with Crippen LogP contribution in [0, 0.1) is 5.92 Å². The van der Waals surface area contributed by atoms with Crippen molar-refractivity contribution in [3.05, 3.63) is 29.8 Å². The maximum absolute atomic E-state index is 12.1. The fraction of sp³-hybridized carbons (Fsp3) is 0.533. The van der Waals surface area contributed by atoms with Gasteiger partial charge in [0.1, 0.15) is 5.75 Å². The standard InChI is InChI=1S/C15H21NO2/c1-3-11(4-2)15(17)16-13-9-10-18-14-8-6-5-7-12(13)14/h5-8,11,13H,3-4,9-10H2,1-2H3,(H,16,17)/t13-/m1/s1. The monoisotopic (exact) mass is 247 g/mol. The molecule has 2 rings (SSSR count). The highest BCUT2D eigenvalue weighted by atomic mass is 16.5. The van der Waals surface area contributed by atoms with Crippen molar-refractivity contribution < 1.29 is 9.53 Å². The average Bonchev–Trinajstić information content (AvgIpc) is 2.40. The van der Waals surface area contributed by atoms with Crippen molar-refractivity contribution in [1.82, 2.24) is 5.32 Å². The first-order valence-corrected chi connectivity index (χ1v) is 6.78. The summed E-state index contributed by atoms with van der Waals surface area (Å²) in [5.74, 6) is 1.19. The first kappa shape index (κ1) is 12.9. The molecular weight excluding hydrogens is 226 g/mol. The van der Waals surface area contributed by atoms with E-state index in [2.05, 4.69) is 19.2 Å². The summed E-state index contributed by atoms with van der Waals surface area (Å²) in [5, 5.41) is 3.16. The molecule has 1 aromatic carbocycles. The summed E-state index contributed by atoms with van der Waals surface area (Å²) in [6.45, 7) is 4.79. The Hall–Kier alpha value is -1.51. The van der Waals surface area contributed by atoms with Crippen LogP contribution in [0.2, 0.25) is 0 Å². The van der Waals surface area contributed by atoms with E-state index in [4.69, 9.17) is 4.74 Å². The molecule has 1 N–H and O–H groups in total. The van der Waals surface area contributed by atoms with E-state index in [-0.39, 0.29) is 17.9 Å². The average molecular weight is 247 g/mol. The SMILES string of the molecule is CCC(CC)C(=O)N[C@@H]1CCOc2ccccc21. The number of hydrogen-bond acceptors (Lipinski definition) is 2. The van der Waals surface area contributed by atoms with E-state index in [1.165, 1.54) is 0 Å². The maximum Gasteiger partial charge on any atom is 0.223 e. The van der Waals surface area contributed by atoms with E-state index in [1.807, 2.05) is 24.3 Å². The molecule has 0 saturated carbocycles. The van der Waals surface area contributed by atoms with Gasteiger partial charge in [-0.15, -0.1) is 0 Å². The van der Waals surface area contributed by atoms with Crippen LogP contribution in [-0.2, 0) is 4.79 Å². The molecule has 18 heavy (non-hydrogen) atoms. The molecule has 1 atom stereocenters. The molecule has 1 aliphatic rings. The zero-order chi connectivity index (χ0) is 13.0. The topological polar surface area (TPSA) is 38.3 Å². The van der Waals surface area contributed by atoms with Crippen molar-refractivity contribution in [2.75, 3.05) is 6.61 Å². The van der Waals surface area contributed by atoms with Gasteiger partial charge in [0.25, 0.3) is 0 Å². The normalized spacial score (nSPS) is 18.1. The number of amides is 1. The number of fused-ring (bicyclic) bond motifs is 1. The van der Waals surface area contributed by atoms with E-state index in [1.54, 1.807) is 0 Å². The van der Waals surface area contributed by atoms with Crippen molar-refractivity contribution in [2.45, 2.75) is 39.2 Å². The second kappa shape index (κ2) is 5.89. The van der Waals surface area contributed by atoms with Gasteiger partial charge in [-0.05, 0) is 18.9 Å². The summed E-state index contributed by atoms with van der Waals surface area (Å²) in [4.78, 5) is 12.1. The van der Waals surface area contributed by atoms with Crippen LogP contribution >= 0.6 is 0 Å². The summed E-state index contributed by atoms with van der Waals surface area (Å²) in [6, 6.07) is 8.05. The minimum atomic E-state index is 0.100. The van der Waals surface area contributed by atoms with E-state index in [0.717, 1.165) is 30.6 Å². The van der Waals surface area contributed by atoms with Gasteiger partial charge in [-0.3, -0.25) is 4.79 Å². The molecule has 0 radical (unpaired) electrons. The van der Waals surface area contributed by atoms with E-state index in [0.29, 0.717) is 6.61 Å². The van der Waals surface area contributed by atoms with Crippen LogP contribution in [0.15, 0.2) is 24.3 Å². The first-order valence-electron chi connectivity index (χ1n) is 6.78. The first-order chi connectivity index (χ1) is 8.76. The van der Waals surface area contributed by atoms with E-state index >= 15 is 0 Å². The zero-order valence-electron chi connectivity index (χ0n) is 11.1. The highest BCUT2D eigenvalue weighted by Gasteiger charge is 2.24. The Morgan fingerprint density at radius 2 is 2.11 bits per heavy atom. The Labute approximate surface area is 109 Å². The number of carbonyl (C=O) groups is 1. The lowest BCUT2D eigenvalue weighted by atomic mass is 9.97. The van der Waals surface area contributed by atoms with Crippen LogP contribution in [-0.4, -0.2) is 12.5 Å². The third-order valence-electron chi connectivity index (χ3n) is 3.63. The Balaban J connectivity index is 2.09. The predicted octanol–water partition coefficient (Wildman–Crippen LogP) is 3.06. The van der Waals surface area contributed by atoms with Gasteiger partial charge in [0.2, 0.25) is 5.91 Å². The van der Waals surface area contributed by atoms with Crippen molar-refractivity contribution in [3.8, 4) is 5.75 Å². The summed E-state index contributed by atoms with van der Waals surface area (Å²) in [6.07, 6.45) is 2.64. The number of nitrogens with one attached hydrogen (secondary N) is 1. The number of benzene rings is 1. The summed E-state index contributed by atoms with van der Waals surface area (Å²) in [5.41, 5.74) is 1.10. The Morgan fingerprint density at radius 1 is 1.39 bits per heavy atom. The lowest BCUT2D eigenvalue weighted by Gasteiger charge is -2.28. The van der Waals surface area contributed by atoms with Gasteiger partial charge in [-0.2, -0.15) is 0 Å². The quantitative estimate of drug-likeness (QED) is 0.888. The Bertz CT molecular complexity index is 413. The Kier molecular flexibility index (Phi) is 4.24. The molecule has 1 aliphatic heterocycles. The molecule has 1 amide bonds. The third kappa shape index (κ3) is 2.66. The highest BCUT2D eigenvalue weighted by Crippen LogP contribution is 2.31. The number of para-hydroxylation sites is 1. The summed E-state index contributed by atoms with van der Waals surface area (Å²) < 4.78 is 5.60. The molecule has 0 aliphatic carbocycles. The minimum absolute atomic E-state index is 0.100. The van der Waals surface area contributed by atoms with Crippen LogP contribution in [0.1, 0.15) is 44.7 Å². The van der Waals surface area contributed by atoms with Gasteiger partial charge in [-0.1, -0.05) is 32.0 Å². The third-order valence-corrected chi connectivity index (χ3v) is 3.63. The predicted molar refractivity (Wildman–Crippen MR) is 71.5 cm³/mol. The van der Waals surface area contributed by atoms with Gasteiger partial charge in [0, 0.05) is 17.9 Å². The molecule has 0 bridgehead atoms. The molecular formula is C15H21NO2. The largest absolute Gasteiger partial charge is 0.493 e. The molecule has 3 nitrogen and oxygen atoms in total. The van der Waals surface area contributed by atoms with E-state index in [9.17, 15) is 4.79 Å². The van der Waals surface area contributed by atoms with Gasteiger partial charge in [-0.25, -0.2) is 0 Å². The van der Waals surface area contributed by atoms with Crippen LogP contribution in [0.5, 0.6) is 5.75 Å². The molecule has 0 spiro atoms. The van der Waals surface area contributed by atoms with Crippen molar-refractivity contribution in [3.63, 3.8) is 0 Å². The second-order valence-corrected chi connectivity index (χ2v) is 4.75. The molecule has 0 unspecified atom stereocenters. The summed E-state index contributed by atoms with van der Waals surface area (Å²) in [7, 11) is 0. The zero-order valence-corrected chi connectivity index (χ0v) is 11.1. The summed E-state index contributed by atoms with van der Waals surface area (Å²) >= 11 is 0. The minimum Gasteiger partial charge on any atom is -0.493 e. The van der Waals surface area contributed by atoms with E-state index < -0.39 is 0 Å². The van der Waals surface area contributed by atoms with Crippen LogP contribution in [0.3, 0.4) is 0 Å². The van der Waals surface area contributed by atoms with Gasteiger partial charge in [0.05, 0.1) is 12.6 Å². The molecule has 0 fully saturated rings. The number of hydrogen-bond donors (Lipinski definition) is 1.